The highest BCUT2D eigenvalue weighted by Gasteiger charge is 2.40. The van der Waals surface area contributed by atoms with Crippen molar-refractivity contribution in [3.05, 3.63) is 58.7 Å². The average Bonchev–Trinajstić information content (AvgIpc) is 2.92. The van der Waals surface area contributed by atoms with Crippen LogP contribution in [-0.4, -0.2) is 29.1 Å². The second kappa shape index (κ2) is 6.12. The number of anilines is 1. The number of carboxylic acid groups (broad SMARTS) is 1. The van der Waals surface area contributed by atoms with Crippen LogP contribution >= 0.6 is 11.6 Å². The number of carboxylic acids is 1. The Morgan fingerprint density at radius 3 is 2.70 bits per heavy atom. The van der Waals surface area contributed by atoms with Crippen LogP contribution in [0.3, 0.4) is 0 Å². The molecule has 1 aromatic carbocycles. The Hall–Kier alpha value is -2.21. The smallest absolute Gasteiger partial charge is 0.308 e. The maximum absolute atomic E-state index is 14.0. The molecule has 0 radical (unpaired) electrons. The van der Waals surface area contributed by atoms with Gasteiger partial charge in [0.25, 0.3) is 0 Å². The van der Waals surface area contributed by atoms with Gasteiger partial charge in [0.1, 0.15) is 22.6 Å². The summed E-state index contributed by atoms with van der Waals surface area (Å²) >= 11 is 5.86. The van der Waals surface area contributed by atoms with E-state index in [9.17, 15) is 18.7 Å². The van der Waals surface area contributed by atoms with Gasteiger partial charge in [-0.1, -0.05) is 23.7 Å². The fourth-order valence-electron chi connectivity index (χ4n) is 2.93. The molecule has 1 saturated heterocycles. The molecule has 1 N–H and O–H groups in total. The molecule has 1 aromatic heterocycles. The lowest BCUT2D eigenvalue weighted by Crippen LogP contribution is -2.23. The number of halogens is 3. The van der Waals surface area contributed by atoms with Gasteiger partial charge in [0.15, 0.2) is 0 Å². The molecule has 1 aliphatic heterocycles. The van der Waals surface area contributed by atoms with E-state index in [-0.39, 0.29) is 18.7 Å². The predicted molar refractivity (Wildman–Crippen MR) is 81.7 cm³/mol. The summed E-state index contributed by atoms with van der Waals surface area (Å²) in [6, 6.07) is 8.26. The van der Waals surface area contributed by atoms with Gasteiger partial charge in [-0.25, -0.2) is 13.8 Å². The summed E-state index contributed by atoms with van der Waals surface area (Å²) in [6.45, 7) is 0.455. The fourth-order valence-corrected chi connectivity index (χ4v) is 3.09. The van der Waals surface area contributed by atoms with Crippen LogP contribution < -0.4 is 4.90 Å². The molecule has 0 unspecified atom stereocenters. The van der Waals surface area contributed by atoms with E-state index in [1.807, 2.05) is 0 Å². The number of hydrogen-bond acceptors (Lipinski definition) is 3. The first kappa shape index (κ1) is 15.7. The number of pyridine rings is 1. The van der Waals surface area contributed by atoms with Crippen molar-refractivity contribution in [1.29, 1.82) is 0 Å². The zero-order valence-electron chi connectivity index (χ0n) is 11.9. The third-order valence-electron chi connectivity index (χ3n) is 4.02. The van der Waals surface area contributed by atoms with E-state index in [0.29, 0.717) is 11.0 Å². The Morgan fingerprint density at radius 1 is 1.26 bits per heavy atom. The summed E-state index contributed by atoms with van der Waals surface area (Å²) in [5.41, 5.74) is 0.198. The largest absolute Gasteiger partial charge is 0.481 e. The first-order valence-corrected chi connectivity index (χ1v) is 7.39. The molecule has 2 heterocycles. The van der Waals surface area contributed by atoms with Crippen molar-refractivity contribution >= 4 is 23.4 Å². The molecule has 2 aromatic rings. The molecule has 3 rings (SSSR count). The van der Waals surface area contributed by atoms with Crippen LogP contribution in [0.25, 0.3) is 0 Å². The molecule has 120 valence electrons. The van der Waals surface area contributed by atoms with E-state index in [4.69, 9.17) is 11.6 Å². The Morgan fingerprint density at radius 2 is 2.04 bits per heavy atom. The molecule has 7 heteroatoms. The standard InChI is InChI=1S/C16H13ClF2N2O2/c17-14-2-1-3-15(20-14)21-7-11(12(8-21)16(22)23)10-5-4-9(18)6-13(10)19/h1-6,11-12H,7-8H2,(H,22,23)/t11-,12+/m0/s1. The molecule has 0 amide bonds. The first-order valence-electron chi connectivity index (χ1n) is 7.01. The molecule has 0 bridgehead atoms. The third kappa shape index (κ3) is 3.12. The Bertz CT molecular complexity index is 757. The third-order valence-corrected chi connectivity index (χ3v) is 4.23. The van der Waals surface area contributed by atoms with Crippen molar-refractivity contribution in [3.8, 4) is 0 Å². The molecule has 0 spiro atoms. The molecule has 2 atom stereocenters. The van der Waals surface area contributed by atoms with Crippen LogP contribution in [0.2, 0.25) is 5.15 Å². The molecule has 1 fully saturated rings. The number of rotatable bonds is 3. The van der Waals surface area contributed by atoms with Gasteiger partial charge in [-0.15, -0.1) is 0 Å². The second-order valence-electron chi connectivity index (χ2n) is 5.44. The van der Waals surface area contributed by atoms with E-state index in [1.165, 1.54) is 6.07 Å². The number of benzene rings is 1. The predicted octanol–water partition coefficient (Wildman–Crippen LogP) is 3.32. The van der Waals surface area contributed by atoms with Crippen LogP contribution in [0.4, 0.5) is 14.6 Å². The highest BCUT2D eigenvalue weighted by atomic mass is 35.5. The fraction of sp³-hybridized carbons (Fsp3) is 0.250. The van der Waals surface area contributed by atoms with Gasteiger partial charge in [-0.05, 0) is 23.8 Å². The van der Waals surface area contributed by atoms with E-state index in [0.717, 1.165) is 12.1 Å². The monoisotopic (exact) mass is 338 g/mol. The quantitative estimate of drug-likeness (QED) is 0.872. The Kier molecular flexibility index (Phi) is 4.17. The lowest BCUT2D eigenvalue weighted by molar-refractivity contribution is -0.141. The molecule has 4 nitrogen and oxygen atoms in total. The van der Waals surface area contributed by atoms with Crippen LogP contribution in [0.1, 0.15) is 11.5 Å². The topological polar surface area (TPSA) is 53.4 Å². The lowest BCUT2D eigenvalue weighted by Gasteiger charge is -2.17. The van der Waals surface area contributed by atoms with Gasteiger partial charge in [-0.3, -0.25) is 4.79 Å². The lowest BCUT2D eigenvalue weighted by atomic mass is 9.88. The zero-order valence-corrected chi connectivity index (χ0v) is 12.7. The first-order chi connectivity index (χ1) is 11.0. The molecule has 1 aliphatic rings. The van der Waals surface area contributed by atoms with Gasteiger partial charge < -0.3 is 10.0 Å². The summed E-state index contributed by atoms with van der Waals surface area (Å²) in [5.74, 6) is -3.31. The molecular weight excluding hydrogens is 326 g/mol. The maximum Gasteiger partial charge on any atom is 0.308 e. The van der Waals surface area contributed by atoms with Crippen LogP contribution in [-0.2, 0) is 4.79 Å². The Balaban J connectivity index is 1.94. The summed E-state index contributed by atoms with van der Waals surface area (Å²) in [4.78, 5) is 17.4. The minimum Gasteiger partial charge on any atom is -0.481 e. The van der Waals surface area contributed by atoms with E-state index >= 15 is 0 Å². The van der Waals surface area contributed by atoms with E-state index < -0.39 is 29.4 Å². The number of hydrogen-bond donors (Lipinski definition) is 1. The molecular formula is C16H13ClF2N2O2. The number of aromatic nitrogens is 1. The SMILES string of the molecule is O=C(O)[C@@H]1CN(c2cccc(Cl)n2)C[C@H]1c1ccc(F)cc1F. The highest BCUT2D eigenvalue weighted by molar-refractivity contribution is 6.29. The van der Waals surface area contributed by atoms with Crippen molar-refractivity contribution in [1.82, 2.24) is 4.98 Å². The number of nitrogens with zero attached hydrogens (tertiary/aromatic N) is 2. The van der Waals surface area contributed by atoms with Crippen LogP contribution in [0.15, 0.2) is 36.4 Å². The molecule has 0 aliphatic carbocycles. The molecule has 0 saturated carbocycles. The minimum absolute atomic E-state index is 0.185. The van der Waals surface area contributed by atoms with E-state index in [2.05, 4.69) is 4.98 Å². The van der Waals surface area contributed by atoms with Crippen molar-refractivity contribution in [2.75, 3.05) is 18.0 Å². The normalized spacial score (nSPS) is 20.7. The minimum atomic E-state index is -1.02. The van der Waals surface area contributed by atoms with Gasteiger partial charge in [0.2, 0.25) is 0 Å². The number of carbonyl (C=O) groups is 1. The summed E-state index contributed by atoms with van der Waals surface area (Å²) in [7, 11) is 0. The summed E-state index contributed by atoms with van der Waals surface area (Å²) in [5, 5.41) is 9.74. The Labute approximate surface area is 136 Å². The second-order valence-corrected chi connectivity index (χ2v) is 5.83. The number of aliphatic carboxylic acids is 1. The van der Waals surface area contributed by atoms with Crippen LogP contribution in [0, 0.1) is 17.6 Å². The average molecular weight is 339 g/mol. The summed E-state index contributed by atoms with van der Waals surface area (Å²) < 4.78 is 27.1. The van der Waals surface area contributed by atoms with Crippen molar-refractivity contribution in [3.63, 3.8) is 0 Å². The zero-order chi connectivity index (χ0) is 16.6. The molecule has 23 heavy (non-hydrogen) atoms. The van der Waals surface area contributed by atoms with Crippen LogP contribution in [0.5, 0.6) is 0 Å². The van der Waals surface area contributed by atoms with Crippen molar-refractivity contribution in [2.45, 2.75) is 5.92 Å². The van der Waals surface area contributed by atoms with Gasteiger partial charge >= 0.3 is 5.97 Å². The maximum atomic E-state index is 14.0. The summed E-state index contributed by atoms with van der Waals surface area (Å²) in [6.07, 6.45) is 0. The van der Waals surface area contributed by atoms with Gasteiger partial charge in [0.05, 0.1) is 5.92 Å². The van der Waals surface area contributed by atoms with Crippen molar-refractivity contribution < 1.29 is 18.7 Å². The van der Waals surface area contributed by atoms with E-state index in [1.54, 1.807) is 23.1 Å². The van der Waals surface area contributed by atoms with Gasteiger partial charge in [0, 0.05) is 25.1 Å². The van der Waals surface area contributed by atoms with Crippen molar-refractivity contribution in [2.24, 2.45) is 5.92 Å². The highest BCUT2D eigenvalue weighted by Crippen LogP contribution is 2.36. The van der Waals surface area contributed by atoms with Gasteiger partial charge in [-0.2, -0.15) is 0 Å².